The molecule has 0 bridgehead atoms. The van der Waals surface area contributed by atoms with Crippen molar-refractivity contribution in [1.29, 1.82) is 0 Å². The van der Waals surface area contributed by atoms with Gasteiger partial charge in [-0.05, 0) is 36.5 Å². The third-order valence-electron chi connectivity index (χ3n) is 4.38. The van der Waals surface area contributed by atoms with Crippen molar-refractivity contribution in [2.75, 3.05) is 5.32 Å². The predicted octanol–water partition coefficient (Wildman–Crippen LogP) is 5.22. The first-order valence-corrected chi connectivity index (χ1v) is 8.92. The SMILES string of the molecule is CC(C)CC(Cc1ccccc1)C(=O)Nc1cnc2c(F)cccc2c1. The molecule has 0 aliphatic rings. The minimum absolute atomic E-state index is 0.0277. The van der Waals surface area contributed by atoms with Gasteiger partial charge in [-0.1, -0.05) is 56.3 Å². The van der Waals surface area contributed by atoms with Gasteiger partial charge < -0.3 is 5.32 Å². The van der Waals surface area contributed by atoms with Gasteiger partial charge >= 0.3 is 0 Å². The van der Waals surface area contributed by atoms with E-state index in [0.717, 1.165) is 12.0 Å². The molecule has 3 nitrogen and oxygen atoms in total. The lowest BCUT2D eigenvalue weighted by molar-refractivity contribution is -0.120. The molecule has 0 radical (unpaired) electrons. The van der Waals surface area contributed by atoms with Gasteiger partial charge in [-0.15, -0.1) is 0 Å². The van der Waals surface area contributed by atoms with E-state index in [1.165, 1.54) is 12.3 Å². The Labute approximate surface area is 153 Å². The highest BCUT2D eigenvalue weighted by molar-refractivity contribution is 5.94. The van der Waals surface area contributed by atoms with Crippen molar-refractivity contribution in [2.24, 2.45) is 11.8 Å². The summed E-state index contributed by atoms with van der Waals surface area (Å²) in [5, 5.41) is 3.63. The molecular formula is C22H23FN2O. The number of anilines is 1. The number of fused-ring (bicyclic) bond motifs is 1. The molecule has 1 unspecified atom stereocenters. The first-order valence-electron chi connectivity index (χ1n) is 8.92. The zero-order valence-electron chi connectivity index (χ0n) is 15.1. The van der Waals surface area contributed by atoms with Crippen molar-refractivity contribution in [3.63, 3.8) is 0 Å². The molecule has 0 spiro atoms. The van der Waals surface area contributed by atoms with Crippen LogP contribution < -0.4 is 5.32 Å². The Bertz CT molecular complexity index is 893. The molecule has 134 valence electrons. The summed E-state index contributed by atoms with van der Waals surface area (Å²) in [6.07, 6.45) is 3.01. The van der Waals surface area contributed by atoms with Crippen molar-refractivity contribution in [3.05, 3.63) is 72.2 Å². The second-order valence-electron chi connectivity index (χ2n) is 7.04. The molecule has 26 heavy (non-hydrogen) atoms. The molecule has 1 aromatic heterocycles. The Morgan fingerprint density at radius 3 is 2.62 bits per heavy atom. The van der Waals surface area contributed by atoms with Crippen molar-refractivity contribution in [1.82, 2.24) is 4.98 Å². The van der Waals surface area contributed by atoms with Crippen LogP contribution in [-0.2, 0) is 11.2 Å². The van der Waals surface area contributed by atoms with Gasteiger partial charge in [-0.3, -0.25) is 9.78 Å². The summed E-state index contributed by atoms with van der Waals surface area (Å²) in [5.74, 6) is -0.0962. The first-order chi connectivity index (χ1) is 12.5. The minimum Gasteiger partial charge on any atom is -0.324 e. The highest BCUT2D eigenvalue weighted by atomic mass is 19.1. The van der Waals surface area contributed by atoms with Gasteiger partial charge in [-0.25, -0.2) is 4.39 Å². The van der Waals surface area contributed by atoms with Gasteiger partial charge in [0.1, 0.15) is 11.3 Å². The van der Waals surface area contributed by atoms with Crippen LogP contribution in [0.3, 0.4) is 0 Å². The summed E-state index contributed by atoms with van der Waals surface area (Å²) >= 11 is 0. The van der Waals surface area contributed by atoms with E-state index in [-0.39, 0.29) is 17.6 Å². The van der Waals surface area contributed by atoms with Crippen LogP contribution in [0.15, 0.2) is 60.8 Å². The fraction of sp³-hybridized carbons (Fsp3) is 0.273. The van der Waals surface area contributed by atoms with Crippen LogP contribution in [0, 0.1) is 17.7 Å². The van der Waals surface area contributed by atoms with E-state index in [9.17, 15) is 9.18 Å². The molecule has 1 N–H and O–H groups in total. The maximum absolute atomic E-state index is 13.7. The Kier molecular flexibility index (Phi) is 5.61. The molecule has 3 aromatic rings. The summed E-state index contributed by atoms with van der Waals surface area (Å²) in [6, 6.07) is 16.6. The zero-order valence-corrected chi connectivity index (χ0v) is 15.1. The number of nitrogens with one attached hydrogen (secondary N) is 1. The third kappa shape index (κ3) is 4.45. The van der Waals surface area contributed by atoms with E-state index >= 15 is 0 Å². The Hall–Kier alpha value is -2.75. The summed E-state index contributed by atoms with van der Waals surface area (Å²) in [6.45, 7) is 4.23. The van der Waals surface area contributed by atoms with E-state index in [4.69, 9.17) is 0 Å². The average molecular weight is 350 g/mol. The van der Waals surface area contributed by atoms with Gasteiger partial charge in [-0.2, -0.15) is 0 Å². The van der Waals surface area contributed by atoms with E-state index in [0.29, 0.717) is 28.9 Å². The van der Waals surface area contributed by atoms with E-state index < -0.39 is 0 Å². The molecule has 2 aromatic carbocycles. The number of para-hydroxylation sites is 1. The summed E-state index contributed by atoms with van der Waals surface area (Å²) in [4.78, 5) is 17.0. The molecule has 4 heteroatoms. The molecule has 0 aliphatic heterocycles. The molecule has 0 saturated carbocycles. The third-order valence-corrected chi connectivity index (χ3v) is 4.38. The highest BCUT2D eigenvalue weighted by Crippen LogP contribution is 2.22. The van der Waals surface area contributed by atoms with Crippen LogP contribution in [0.1, 0.15) is 25.8 Å². The number of hydrogen-bond acceptors (Lipinski definition) is 2. The van der Waals surface area contributed by atoms with Crippen molar-refractivity contribution >= 4 is 22.5 Å². The summed E-state index contributed by atoms with van der Waals surface area (Å²) < 4.78 is 13.7. The van der Waals surface area contributed by atoms with Crippen LogP contribution in [0.5, 0.6) is 0 Å². The lowest BCUT2D eigenvalue weighted by Gasteiger charge is -2.19. The lowest BCUT2D eigenvalue weighted by atomic mass is 9.90. The van der Waals surface area contributed by atoms with Crippen molar-refractivity contribution < 1.29 is 9.18 Å². The summed E-state index contributed by atoms with van der Waals surface area (Å²) in [5.41, 5.74) is 2.05. The molecule has 0 saturated heterocycles. The Morgan fingerprint density at radius 2 is 1.88 bits per heavy atom. The van der Waals surface area contributed by atoms with Gasteiger partial charge in [0.25, 0.3) is 0 Å². The standard InChI is InChI=1S/C22H23FN2O/c1-15(2)11-18(12-16-7-4-3-5-8-16)22(26)25-19-13-17-9-6-10-20(23)21(17)24-14-19/h3-10,13-15,18H,11-12H2,1-2H3,(H,25,26). The van der Waals surface area contributed by atoms with Crippen LogP contribution in [0.25, 0.3) is 10.9 Å². The number of benzene rings is 2. The number of rotatable bonds is 6. The quantitative estimate of drug-likeness (QED) is 0.662. The summed E-state index contributed by atoms with van der Waals surface area (Å²) in [7, 11) is 0. The number of pyridine rings is 1. The maximum Gasteiger partial charge on any atom is 0.227 e. The number of aromatic nitrogens is 1. The lowest BCUT2D eigenvalue weighted by Crippen LogP contribution is -2.26. The molecule has 1 amide bonds. The Balaban J connectivity index is 1.78. The maximum atomic E-state index is 13.7. The smallest absolute Gasteiger partial charge is 0.227 e. The fourth-order valence-electron chi connectivity index (χ4n) is 3.19. The Morgan fingerprint density at radius 1 is 1.12 bits per heavy atom. The van der Waals surface area contributed by atoms with Crippen molar-refractivity contribution in [3.8, 4) is 0 Å². The average Bonchev–Trinajstić information content (AvgIpc) is 2.62. The van der Waals surface area contributed by atoms with Gasteiger partial charge in [0.05, 0.1) is 11.9 Å². The monoisotopic (exact) mass is 350 g/mol. The molecule has 3 rings (SSSR count). The fourth-order valence-corrected chi connectivity index (χ4v) is 3.19. The number of hydrogen-bond donors (Lipinski definition) is 1. The molecule has 0 fully saturated rings. The van der Waals surface area contributed by atoms with Crippen LogP contribution in [-0.4, -0.2) is 10.9 Å². The van der Waals surface area contributed by atoms with E-state index in [2.05, 4.69) is 24.1 Å². The second-order valence-corrected chi connectivity index (χ2v) is 7.04. The molecule has 1 heterocycles. The van der Waals surface area contributed by atoms with E-state index in [1.54, 1.807) is 18.2 Å². The van der Waals surface area contributed by atoms with Gasteiger partial charge in [0.2, 0.25) is 5.91 Å². The van der Waals surface area contributed by atoms with Crippen molar-refractivity contribution in [2.45, 2.75) is 26.7 Å². The van der Waals surface area contributed by atoms with Gasteiger partial charge in [0.15, 0.2) is 0 Å². The zero-order chi connectivity index (χ0) is 18.5. The van der Waals surface area contributed by atoms with Crippen LogP contribution >= 0.6 is 0 Å². The number of amides is 1. The number of carbonyl (C=O) groups is 1. The predicted molar refractivity (Wildman–Crippen MR) is 103 cm³/mol. The van der Waals surface area contributed by atoms with Crippen LogP contribution in [0.4, 0.5) is 10.1 Å². The molecular weight excluding hydrogens is 327 g/mol. The highest BCUT2D eigenvalue weighted by Gasteiger charge is 2.20. The topological polar surface area (TPSA) is 42.0 Å². The number of nitrogens with zero attached hydrogens (tertiary/aromatic N) is 1. The van der Waals surface area contributed by atoms with Gasteiger partial charge in [0, 0.05) is 11.3 Å². The largest absolute Gasteiger partial charge is 0.324 e. The minimum atomic E-state index is -0.359. The number of halogens is 1. The molecule has 1 atom stereocenters. The number of carbonyl (C=O) groups excluding carboxylic acids is 1. The second kappa shape index (κ2) is 8.09. The van der Waals surface area contributed by atoms with Crippen LogP contribution in [0.2, 0.25) is 0 Å². The normalized spacial score (nSPS) is 12.3. The first kappa shape index (κ1) is 18.1. The van der Waals surface area contributed by atoms with E-state index in [1.807, 2.05) is 30.3 Å². The molecule has 0 aliphatic carbocycles.